The number of furan rings is 1. The van der Waals surface area contributed by atoms with E-state index in [1.165, 1.54) is 0 Å². The van der Waals surface area contributed by atoms with Crippen molar-refractivity contribution >= 4 is 34.4 Å². The standard InChI is InChI=1S/C23H19N7O2/c24-16-4-1-2-5-17(16)27-22(31)15-9-7-14(8-10-15)12-30-13-26-20-19(18-6-3-11-32-18)28-23(25)29-21(20)30/h1-11,13H,12,24H2,(H,27,31)(H2,25,28,29). The maximum atomic E-state index is 12.5. The van der Waals surface area contributed by atoms with E-state index in [1.807, 2.05) is 28.8 Å². The maximum absolute atomic E-state index is 12.5. The van der Waals surface area contributed by atoms with Gasteiger partial charge in [0.1, 0.15) is 11.2 Å². The number of fused-ring (bicyclic) bond motifs is 1. The lowest BCUT2D eigenvalue weighted by molar-refractivity contribution is 0.102. The first-order valence-corrected chi connectivity index (χ1v) is 9.85. The van der Waals surface area contributed by atoms with Crippen molar-refractivity contribution in [3.8, 4) is 11.5 Å². The number of amides is 1. The molecule has 32 heavy (non-hydrogen) atoms. The van der Waals surface area contributed by atoms with Gasteiger partial charge in [-0.25, -0.2) is 9.97 Å². The van der Waals surface area contributed by atoms with Gasteiger partial charge in [0.2, 0.25) is 5.95 Å². The van der Waals surface area contributed by atoms with Gasteiger partial charge in [0, 0.05) is 5.56 Å². The Hall–Kier alpha value is -4.66. The third-order valence-electron chi connectivity index (χ3n) is 5.01. The number of benzene rings is 2. The highest BCUT2D eigenvalue weighted by molar-refractivity contribution is 6.05. The number of rotatable bonds is 5. The second-order valence-electron chi connectivity index (χ2n) is 7.19. The van der Waals surface area contributed by atoms with Crippen LogP contribution in [0.15, 0.2) is 77.7 Å². The molecule has 5 N–H and O–H groups in total. The van der Waals surface area contributed by atoms with Crippen molar-refractivity contribution in [3.63, 3.8) is 0 Å². The molecule has 0 atom stereocenters. The molecule has 9 nitrogen and oxygen atoms in total. The first kappa shape index (κ1) is 19.3. The predicted molar refractivity (Wildman–Crippen MR) is 122 cm³/mol. The van der Waals surface area contributed by atoms with Gasteiger partial charge in [0.05, 0.1) is 30.5 Å². The van der Waals surface area contributed by atoms with Crippen molar-refractivity contribution in [2.24, 2.45) is 0 Å². The maximum Gasteiger partial charge on any atom is 0.255 e. The zero-order valence-electron chi connectivity index (χ0n) is 16.9. The summed E-state index contributed by atoms with van der Waals surface area (Å²) in [6.07, 6.45) is 3.25. The summed E-state index contributed by atoms with van der Waals surface area (Å²) in [4.78, 5) is 25.6. The fourth-order valence-corrected chi connectivity index (χ4v) is 3.43. The second kappa shape index (κ2) is 7.88. The predicted octanol–water partition coefficient (Wildman–Crippen LogP) is 3.55. The molecular formula is C23H19N7O2. The number of aromatic nitrogens is 4. The van der Waals surface area contributed by atoms with Gasteiger partial charge >= 0.3 is 0 Å². The van der Waals surface area contributed by atoms with Crippen LogP contribution < -0.4 is 16.8 Å². The van der Waals surface area contributed by atoms with Crippen LogP contribution in [0.2, 0.25) is 0 Å². The molecule has 0 spiro atoms. The van der Waals surface area contributed by atoms with Gasteiger partial charge in [-0.3, -0.25) is 4.79 Å². The van der Waals surface area contributed by atoms with Crippen LogP contribution in [0, 0.1) is 0 Å². The molecule has 0 radical (unpaired) electrons. The van der Waals surface area contributed by atoms with Crippen molar-refractivity contribution in [1.29, 1.82) is 0 Å². The molecule has 5 rings (SSSR count). The molecule has 0 saturated heterocycles. The third-order valence-corrected chi connectivity index (χ3v) is 5.01. The van der Waals surface area contributed by atoms with Crippen LogP contribution in [-0.2, 0) is 6.54 Å². The number of para-hydroxylation sites is 2. The van der Waals surface area contributed by atoms with Crippen molar-refractivity contribution in [2.45, 2.75) is 6.54 Å². The lowest BCUT2D eigenvalue weighted by Crippen LogP contribution is -2.13. The van der Waals surface area contributed by atoms with Crippen LogP contribution in [-0.4, -0.2) is 25.4 Å². The minimum atomic E-state index is -0.230. The van der Waals surface area contributed by atoms with Gasteiger partial charge in [-0.2, -0.15) is 4.98 Å². The van der Waals surface area contributed by atoms with Gasteiger partial charge in [-0.05, 0) is 42.0 Å². The van der Waals surface area contributed by atoms with E-state index in [4.69, 9.17) is 15.9 Å². The average molecular weight is 425 g/mol. The number of hydrogen-bond acceptors (Lipinski definition) is 7. The smallest absolute Gasteiger partial charge is 0.255 e. The van der Waals surface area contributed by atoms with E-state index in [-0.39, 0.29) is 11.9 Å². The molecule has 0 aliphatic rings. The number of nitrogens with one attached hydrogen (secondary N) is 1. The SMILES string of the molecule is Nc1nc(-c2ccco2)c2ncn(Cc3ccc(C(=O)Nc4ccccc4N)cc3)c2n1. The van der Waals surface area contributed by atoms with E-state index in [0.717, 1.165) is 5.56 Å². The summed E-state index contributed by atoms with van der Waals surface area (Å²) in [6.45, 7) is 0.498. The lowest BCUT2D eigenvalue weighted by atomic mass is 10.1. The monoisotopic (exact) mass is 425 g/mol. The summed E-state index contributed by atoms with van der Waals surface area (Å²) in [6, 6.07) is 18.0. The van der Waals surface area contributed by atoms with Crippen LogP contribution in [0.1, 0.15) is 15.9 Å². The Labute approximate surface area is 182 Å². The molecule has 9 heteroatoms. The number of hydrogen-bond donors (Lipinski definition) is 3. The molecule has 1 amide bonds. The Morgan fingerprint density at radius 2 is 1.81 bits per heavy atom. The Balaban J connectivity index is 1.38. The molecule has 0 aliphatic heterocycles. The Bertz CT molecular complexity index is 1410. The number of imidazole rings is 1. The number of carbonyl (C=O) groups excluding carboxylic acids is 1. The first-order valence-electron chi connectivity index (χ1n) is 9.85. The summed E-state index contributed by atoms with van der Waals surface area (Å²) < 4.78 is 7.33. The van der Waals surface area contributed by atoms with Gasteiger partial charge in [-0.1, -0.05) is 24.3 Å². The molecule has 2 aromatic carbocycles. The van der Waals surface area contributed by atoms with Crippen LogP contribution in [0.5, 0.6) is 0 Å². The van der Waals surface area contributed by atoms with Crippen molar-refractivity contribution in [1.82, 2.24) is 19.5 Å². The topological polar surface area (TPSA) is 138 Å². The van der Waals surface area contributed by atoms with Crippen molar-refractivity contribution in [2.75, 3.05) is 16.8 Å². The summed E-state index contributed by atoms with van der Waals surface area (Å²) in [5.41, 5.74) is 16.2. The van der Waals surface area contributed by atoms with Crippen molar-refractivity contribution < 1.29 is 9.21 Å². The summed E-state index contributed by atoms with van der Waals surface area (Å²) in [5, 5.41) is 2.82. The quantitative estimate of drug-likeness (QED) is 0.366. The molecule has 0 fully saturated rings. The van der Waals surface area contributed by atoms with Gasteiger partial charge < -0.3 is 25.8 Å². The fraction of sp³-hybridized carbons (Fsp3) is 0.0435. The minimum absolute atomic E-state index is 0.137. The normalized spacial score (nSPS) is 11.0. The zero-order chi connectivity index (χ0) is 22.1. The fourth-order valence-electron chi connectivity index (χ4n) is 3.43. The number of nitrogens with zero attached hydrogens (tertiary/aromatic N) is 4. The van der Waals surface area contributed by atoms with Crippen LogP contribution in [0.3, 0.4) is 0 Å². The molecule has 0 bridgehead atoms. The Morgan fingerprint density at radius 1 is 1.00 bits per heavy atom. The van der Waals surface area contributed by atoms with E-state index < -0.39 is 0 Å². The van der Waals surface area contributed by atoms with Gasteiger partial charge in [-0.15, -0.1) is 0 Å². The molecule has 158 valence electrons. The third kappa shape index (κ3) is 3.63. The summed E-state index contributed by atoms with van der Waals surface area (Å²) in [5.74, 6) is 0.479. The molecular weight excluding hydrogens is 406 g/mol. The largest absolute Gasteiger partial charge is 0.463 e. The Morgan fingerprint density at radius 3 is 2.56 bits per heavy atom. The lowest BCUT2D eigenvalue weighted by Gasteiger charge is -2.09. The summed E-state index contributed by atoms with van der Waals surface area (Å²) >= 11 is 0. The molecule has 0 unspecified atom stereocenters. The number of carbonyl (C=O) groups is 1. The Kier molecular flexibility index (Phi) is 4.75. The molecule has 5 aromatic rings. The zero-order valence-corrected chi connectivity index (χ0v) is 16.9. The van der Waals surface area contributed by atoms with E-state index in [1.54, 1.807) is 49.0 Å². The number of nitrogens with two attached hydrogens (primary N) is 2. The highest BCUT2D eigenvalue weighted by Crippen LogP contribution is 2.26. The molecule has 3 heterocycles. The second-order valence-corrected chi connectivity index (χ2v) is 7.19. The van der Waals surface area contributed by atoms with Gasteiger partial charge in [0.25, 0.3) is 5.91 Å². The minimum Gasteiger partial charge on any atom is -0.463 e. The van der Waals surface area contributed by atoms with E-state index in [2.05, 4.69) is 20.3 Å². The van der Waals surface area contributed by atoms with E-state index in [9.17, 15) is 4.79 Å². The molecule has 0 saturated carbocycles. The van der Waals surface area contributed by atoms with Crippen LogP contribution in [0.4, 0.5) is 17.3 Å². The van der Waals surface area contributed by atoms with E-state index in [0.29, 0.717) is 46.1 Å². The van der Waals surface area contributed by atoms with Crippen LogP contribution in [0.25, 0.3) is 22.6 Å². The average Bonchev–Trinajstić information content (AvgIpc) is 3.46. The van der Waals surface area contributed by atoms with E-state index >= 15 is 0 Å². The number of anilines is 3. The first-order chi connectivity index (χ1) is 15.6. The van der Waals surface area contributed by atoms with Crippen molar-refractivity contribution in [3.05, 3.63) is 84.4 Å². The highest BCUT2D eigenvalue weighted by atomic mass is 16.3. The summed E-state index contributed by atoms with van der Waals surface area (Å²) in [7, 11) is 0. The molecule has 0 aliphatic carbocycles. The van der Waals surface area contributed by atoms with Crippen LogP contribution >= 0.6 is 0 Å². The number of nitrogen functional groups attached to an aromatic ring is 2. The van der Waals surface area contributed by atoms with Gasteiger partial charge in [0.15, 0.2) is 11.4 Å². The highest BCUT2D eigenvalue weighted by Gasteiger charge is 2.16. The molecule has 3 aromatic heterocycles.